The maximum absolute atomic E-state index is 13.1. The van der Waals surface area contributed by atoms with Gasteiger partial charge in [0.15, 0.2) is 5.58 Å². The highest BCUT2D eigenvalue weighted by molar-refractivity contribution is 6.02. The predicted molar refractivity (Wildman–Crippen MR) is 130 cm³/mol. The number of hydrogen-bond donors (Lipinski definition) is 2. The first-order valence-corrected chi connectivity index (χ1v) is 11.1. The molecule has 8 heteroatoms. The summed E-state index contributed by atoms with van der Waals surface area (Å²) in [6.07, 6.45) is 0.491. The van der Waals surface area contributed by atoms with Crippen molar-refractivity contribution < 1.29 is 14.0 Å². The van der Waals surface area contributed by atoms with Crippen LogP contribution in [-0.4, -0.2) is 48.0 Å². The van der Waals surface area contributed by atoms with E-state index in [1.54, 1.807) is 34.9 Å². The lowest BCUT2D eigenvalue weighted by Crippen LogP contribution is -2.44. The van der Waals surface area contributed by atoms with Gasteiger partial charge in [-0.3, -0.25) is 14.2 Å². The number of carbonyl (C=O) groups is 2. The van der Waals surface area contributed by atoms with Gasteiger partial charge in [-0.25, -0.2) is 4.79 Å². The fraction of sp³-hybridized carbons (Fsp3) is 0.400. The summed E-state index contributed by atoms with van der Waals surface area (Å²) in [6, 6.07) is 11.7. The Hall–Kier alpha value is -3.39. The minimum absolute atomic E-state index is 0.200. The number of aryl methyl sites for hydroxylation is 1. The van der Waals surface area contributed by atoms with Gasteiger partial charge in [0.25, 0.3) is 5.91 Å². The van der Waals surface area contributed by atoms with Crippen LogP contribution in [-0.2, 0) is 11.3 Å². The molecule has 2 amide bonds. The quantitative estimate of drug-likeness (QED) is 0.520. The highest BCUT2D eigenvalue weighted by Gasteiger charge is 2.23. The van der Waals surface area contributed by atoms with Crippen molar-refractivity contribution in [3.8, 4) is 0 Å². The van der Waals surface area contributed by atoms with Gasteiger partial charge in [0.2, 0.25) is 5.91 Å². The van der Waals surface area contributed by atoms with Gasteiger partial charge in [0.1, 0.15) is 6.04 Å². The van der Waals surface area contributed by atoms with Gasteiger partial charge in [-0.15, -0.1) is 0 Å². The molecule has 1 aromatic heterocycles. The lowest BCUT2D eigenvalue weighted by molar-refractivity contribution is -0.118. The third kappa shape index (κ3) is 6.10. The third-order valence-corrected chi connectivity index (χ3v) is 5.42. The summed E-state index contributed by atoms with van der Waals surface area (Å²) in [6.45, 7) is 7.01. The van der Waals surface area contributed by atoms with Crippen LogP contribution in [0.2, 0.25) is 0 Å². The first-order chi connectivity index (χ1) is 15.7. The predicted octanol–water partition coefficient (Wildman–Crippen LogP) is 3.25. The summed E-state index contributed by atoms with van der Waals surface area (Å²) in [4.78, 5) is 40.2. The smallest absolute Gasteiger partial charge is 0.408 e. The van der Waals surface area contributed by atoms with Gasteiger partial charge in [-0.05, 0) is 63.2 Å². The number of nitrogens with one attached hydrogen (secondary N) is 2. The van der Waals surface area contributed by atoms with Crippen molar-refractivity contribution >= 4 is 28.6 Å². The van der Waals surface area contributed by atoms with Crippen molar-refractivity contribution in [3.05, 3.63) is 64.1 Å². The first-order valence-electron chi connectivity index (χ1n) is 11.1. The molecule has 0 aliphatic carbocycles. The number of nitrogens with zero attached hydrogens (tertiary/aromatic N) is 2. The van der Waals surface area contributed by atoms with E-state index in [-0.39, 0.29) is 17.7 Å². The van der Waals surface area contributed by atoms with Crippen LogP contribution < -0.4 is 16.4 Å². The van der Waals surface area contributed by atoms with E-state index in [1.165, 1.54) is 0 Å². The zero-order valence-electron chi connectivity index (χ0n) is 19.8. The number of benzene rings is 2. The molecular formula is C25H32N4O4. The number of aromatic nitrogens is 1. The molecule has 0 radical (unpaired) electrons. The molecule has 3 rings (SSSR count). The van der Waals surface area contributed by atoms with Gasteiger partial charge in [0, 0.05) is 24.3 Å². The van der Waals surface area contributed by atoms with E-state index in [1.807, 2.05) is 51.9 Å². The molecule has 3 aromatic rings. The number of hydrogen-bond acceptors (Lipinski definition) is 5. The van der Waals surface area contributed by atoms with Gasteiger partial charge < -0.3 is 20.0 Å². The largest absolute Gasteiger partial charge is 0.419 e. The number of likely N-dealkylation sites (N-methyl/N-ethyl adjacent to an activating group) is 1. The van der Waals surface area contributed by atoms with E-state index in [2.05, 4.69) is 10.6 Å². The lowest BCUT2D eigenvalue weighted by atomic mass is 10.0. The number of anilines is 1. The molecule has 0 bridgehead atoms. The minimum atomic E-state index is -0.701. The monoisotopic (exact) mass is 452 g/mol. The molecule has 1 heterocycles. The van der Waals surface area contributed by atoms with E-state index in [4.69, 9.17) is 4.42 Å². The van der Waals surface area contributed by atoms with Crippen molar-refractivity contribution in [1.29, 1.82) is 0 Å². The molecule has 0 fully saturated rings. The summed E-state index contributed by atoms with van der Waals surface area (Å²) in [5.41, 5.74) is 3.00. The number of amides is 2. The summed E-state index contributed by atoms with van der Waals surface area (Å²) < 4.78 is 6.88. The highest BCUT2D eigenvalue weighted by Crippen LogP contribution is 2.20. The molecule has 2 N–H and O–H groups in total. The number of carbonyl (C=O) groups excluding carboxylic acids is 2. The Kier molecular flexibility index (Phi) is 7.71. The highest BCUT2D eigenvalue weighted by atomic mass is 16.4. The van der Waals surface area contributed by atoms with Crippen LogP contribution >= 0.6 is 0 Å². The molecule has 0 aliphatic rings. The van der Waals surface area contributed by atoms with Gasteiger partial charge >= 0.3 is 5.76 Å². The average molecular weight is 453 g/mol. The standard InChI is InChI=1S/C25H32N4O4/c1-16(2)14-20(27-23(30)19-9-7-6-8-17(19)3)24(31)26-18-10-11-22-21(15-18)29(25(32)33-22)13-12-28(4)5/h6-11,15-16,20H,12-14H2,1-5H3,(H,26,31)(H,27,30). The third-order valence-electron chi connectivity index (χ3n) is 5.42. The normalized spacial score (nSPS) is 12.3. The Bertz CT molecular complexity index is 1190. The second kappa shape index (κ2) is 10.5. The van der Waals surface area contributed by atoms with E-state index in [0.29, 0.717) is 41.9 Å². The second-order valence-electron chi connectivity index (χ2n) is 8.97. The molecule has 176 valence electrons. The topological polar surface area (TPSA) is 96.6 Å². The van der Waals surface area contributed by atoms with Gasteiger partial charge in [0.05, 0.1) is 5.52 Å². The summed E-state index contributed by atoms with van der Waals surface area (Å²) in [5, 5.41) is 5.77. The van der Waals surface area contributed by atoms with E-state index in [0.717, 1.165) is 5.56 Å². The Morgan fingerprint density at radius 2 is 1.85 bits per heavy atom. The fourth-order valence-corrected chi connectivity index (χ4v) is 3.65. The SMILES string of the molecule is Cc1ccccc1C(=O)NC(CC(C)C)C(=O)Nc1ccc2oc(=O)n(CCN(C)C)c2c1. The molecule has 0 saturated carbocycles. The molecule has 1 atom stereocenters. The van der Waals surface area contributed by atoms with Crippen molar-refractivity contribution in [1.82, 2.24) is 14.8 Å². The van der Waals surface area contributed by atoms with Crippen LogP contribution in [0.1, 0.15) is 36.2 Å². The first kappa shape index (κ1) is 24.3. The zero-order chi connectivity index (χ0) is 24.1. The molecule has 0 aliphatic heterocycles. The molecule has 8 nitrogen and oxygen atoms in total. The summed E-state index contributed by atoms with van der Waals surface area (Å²) >= 11 is 0. The molecule has 33 heavy (non-hydrogen) atoms. The van der Waals surface area contributed by atoms with Crippen LogP contribution in [0.4, 0.5) is 5.69 Å². The van der Waals surface area contributed by atoms with Crippen LogP contribution in [0.15, 0.2) is 51.7 Å². The van der Waals surface area contributed by atoms with Crippen LogP contribution in [0, 0.1) is 12.8 Å². The maximum atomic E-state index is 13.1. The van der Waals surface area contributed by atoms with Crippen molar-refractivity contribution in [3.63, 3.8) is 0 Å². The minimum Gasteiger partial charge on any atom is -0.408 e. The lowest BCUT2D eigenvalue weighted by Gasteiger charge is -2.21. The van der Waals surface area contributed by atoms with Crippen LogP contribution in [0.3, 0.4) is 0 Å². The maximum Gasteiger partial charge on any atom is 0.419 e. The Labute approximate surface area is 193 Å². The number of oxazole rings is 1. The average Bonchev–Trinajstić information content (AvgIpc) is 3.05. The number of fused-ring (bicyclic) bond motifs is 1. The Morgan fingerprint density at radius 3 is 2.52 bits per heavy atom. The van der Waals surface area contributed by atoms with E-state index >= 15 is 0 Å². The Balaban J connectivity index is 1.81. The molecule has 2 aromatic carbocycles. The number of rotatable bonds is 9. The molecule has 0 saturated heterocycles. The molecule has 0 spiro atoms. The fourth-order valence-electron chi connectivity index (χ4n) is 3.65. The van der Waals surface area contributed by atoms with Gasteiger partial charge in [-0.1, -0.05) is 32.0 Å². The summed E-state index contributed by atoms with van der Waals surface area (Å²) in [5.74, 6) is -0.823. The van der Waals surface area contributed by atoms with Crippen molar-refractivity contribution in [2.45, 2.75) is 39.8 Å². The van der Waals surface area contributed by atoms with Gasteiger partial charge in [-0.2, -0.15) is 0 Å². The molecule has 1 unspecified atom stereocenters. The van der Waals surface area contributed by atoms with E-state index < -0.39 is 11.8 Å². The Morgan fingerprint density at radius 1 is 1.12 bits per heavy atom. The van der Waals surface area contributed by atoms with Crippen LogP contribution in [0.5, 0.6) is 0 Å². The zero-order valence-corrected chi connectivity index (χ0v) is 19.8. The van der Waals surface area contributed by atoms with Crippen molar-refractivity contribution in [2.75, 3.05) is 26.0 Å². The second-order valence-corrected chi connectivity index (χ2v) is 8.97. The van der Waals surface area contributed by atoms with E-state index in [9.17, 15) is 14.4 Å². The summed E-state index contributed by atoms with van der Waals surface area (Å²) in [7, 11) is 3.86. The molecular weight excluding hydrogens is 420 g/mol. The van der Waals surface area contributed by atoms with Crippen molar-refractivity contribution in [2.24, 2.45) is 5.92 Å². The van der Waals surface area contributed by atoms with Crippen LogP contribution in [0.25, 0.3) is 11.1 Å².